The van der Waals surface area contributed by atoms with Crippen LogP contribution in [0.3, 0.4) is 0 Å². The topological polar surface area (TPSA) is 90.5 Å². The lowest BCUT2D eigenvalue weighted by atomic mass is 10.1. The smallest absolute Gasteiger partial charge is 0.259 e. The number of carbonyl (C=O) groups excluding carboxylic acids is 1. The number of hydrogen-bond acceptors (Lipinski definition) is 5. The molecular weight excluding hydrogens is 445 g/mol. The standard InChI is InChI=1S/C23H19ClFN7O/c24-16-9-17(25)15(8-20(16)31-10-19(26-11-31)13-4-5-13)23(33)29-21-3-1-2-18(28-21)22-30-27-12-32(22)14-6-7-14/h1-3,8-14H,4-7H2,(H,28,29,33). The summed E-state index contributed by atoms with van der Waals surface area (Å²) in [5.41, 5.74) is 1.91. The van der Waals surface area contributed by atoms with Gasteiger partial charge in [0.15, 0.2) is 5.82 Å². The van der Waals surface area contributed by atoms with Gasteiger partial charge in [-0.1, -0.05) is 17.7 Å². The van der Waals surface area contributed by atoms with Crippen LogP contribution in [0, 0.1) is 5.82 Å². The fraction of sp³-hybridized carbons (Fsp3) is 0.261. The van der Waals surface area contributed by atoms with Crippen molar-refractivity contribution < 1.29 is 9.18 Å². The molecule has 166 valence electrons. The van der Waals surface area contributed by atoms with Gasteiger partial charge in [-0.2, -0.15) is 0 Å². The Kier molecular flexibility index (Phi) is 4.72. The van der Waals surface area contributed by atoms with E-state index in [1.807, 2.05) is 10.8 Å². The highest BCUT2D eigenvalue weighted by Gasteiger charge is 2.28. The molecule has 10 heteroatoms. The highest BCUT2D eigenvalue weighted by Crippen LogP contribution is 2.39. The zero-order valence-corrected chi connectivity index (χ0v) is 18.2. The van der Waals surface area contributed by atoms with Gasteiger partial charge in [0.1, 0.15) is 23.7 Å². The van der Waals surface area contributed by atoms with Gasteiger partial charge in [-0.05, 0) is 49.9 Å². The molecule has 1 N–H and O–H groups in total. The Morgan fingerprint density at radius 1 is 1.15 bits per heavy atom. The second-order valence-corrected chi connectivity index (χ2v) is 8.83. The Bertz CT molecular complexity index is 1370. The lowest BCUT2D eigenvalue weighted by Gasteiger charge is -2.11. The molecule has 0 spiro atoms. The second-order valence-electron chi connectivity index (χ2n) is 8.42. The first-order valence-corrected chi connectivity index (χ1v) is 11.2. The van der Waals surface area contributed by atoms with Gasteiger partial charge in [0.2, 0.25) is 0 Å². The van der Waals surface area contributed by atoms with Gasteiger partial charge in [-0.15, -0.1) is 10.2 Å². The van der Waals surface area contributed by atoms with Gasteiger partial charge < -0.3 is 14.5 Å². The van der Waals surface area contributed by atoms with E-state index in [-0.39, 0.29) is 16.4 Å². The number of amides is 1. The van der Waals surface area contributed by atoms with Crippen molar-refractivity contribution in [3.63, 3.8) is 0 Å². The summed E-state index contributed by atoms with van der Waals surface area (Å²) >= 11 is 6.28. The van der Waals surface area contributed by atoms with Crippen LogP contribution in [0.1, 0.15) is 53.7 Å². The van der Waals surface area contributed by atoms with Crippen LogP contribution >= 0.6 is 11.6 Å². The number of halogens is 2. The average molecular weight is 464 g/mol. The second kappa shape index (κ2) is 7.77. The molecule has 0 bridgehead atoms. The lowest BCUT2D eigenvalue weighted by molar-refractivity contribution is 0.102. The number of carbonyl (C=O) groups is 1. The highest BCUT2D eigenvalue weighted by molar-refractivity contribution is 6.32. The number of benzene rings is 1. The van der Waals surface area contributed by atoms with E-state index >= 15 is 0 Å². The van der Waals surface area contributed by atoms with Crippen molar-refractivity contribution in [2.75, 3.05) is 5.32 Å². The number of hydrogen-bond donors (Lipinski definition) is 1. The van der Waals surface area contributed by atoms with Gasteiger partial charge in [-0.25, -0.2) is 14.4 Å². The predicted molar refractivity (Wildman–Crippen MR) is 120 cm³/mol. The molecule has 8 nitrogen and oxygen atoms in total. The molecule has 0 radical (unpaired) electrons. The summed E-state index contributed by atoms with van der Waals surface area (Å²) in [6.45, 7) is 0. The van der Waals surface area contributed by atoms with Gasteiger partial charge in [0.25, 0.3) is 5.91 Å². The predicted octanol–water partition coefficient (Wildman–Crippen LogP) is 4.78. The van der Waals surface area contributed by atoms with Crippen molar-refractivity contribution in [2.24, 2.45) is 0 Å². The number of pyridine rings is 1. The summed E-state index contributed by atoms with van der Waals surface area (Å²) in [7, 11) is 0. The Labute approximate surface area is 193 Å². The van der Waals surface area contributed by atoms with Crippen LogP contribution in [0.25, 0.3) is 17.2 Å². The number of rotatable bonds is 6. The third kappa shape index (κ3) is 3.89. The van der Waals surface area contributed by atoms with E-state index in [0.29, 0.717) is 29.2 Å². The number of anilines is 1. The highest BCUT2D eigenvalue weighted by atomic mass is 35.5. The maximum Gasteiger partial charge on any atom is 0.259 e. The van der Waals surface area contributed by atoms with Crippen molar-refractivity contribution in [1.82, 2.24) is 29.3 Å². The van der Waals surface area contributed by atoms with E-state index in [1.165, 1.54) is 6.07 Å². The Hall–Kier alpha value is -3.59. The van der Waals surface area contributed by atoms with Crippen molar-refractivity contribution in [2.45, 2.75) is 37.6 Å². The van der Waals surface area contributed by atoms with Crippen molar-refractivity contribution in [3.05, 3.63) is 71.3 Å². The molecule has 33 heavy (non-hydrogen) atoms. The minimum Gasteiger partial charge on any atom is -0.309 e. The zero-order chi connectivity index (χ0) is 22.5. The number of nitrogens with one attached hydrogen (secondary N) is 1. The van der Waals surface area contributed by atoms with Crippen molar-refractivity contribution >= 4 is 23.3 Å². The number of nitrogens with zero attached hydrogens (tertiary/aromatic N) is 6. The van der Waals surface area contributed by atoms with E-state index in [4.69, 9.17) is 11.6 Å². The normalized spacial score (nSPS) is 15.6. The quantitative estimate of drug-likeness (QED) is 0.444. The molecule has 0 aliphatic heterocycles. The molecule has 1 aromatic carbocycles. The molecule has 2 saturated carbocycles. The fourth-order valence-electron chi connectivity index (χ4n) is 3.83. The van der Waals surface area contributed by atoms with Crippen LogP contribution in [0.4, 0.5) is 10.2 Å². The van der Waals surface area contributed by atoms with Gasteiger partial charge in [0, 0.05) is 18.2 Å². The minimum atomic E-state index is -0.714. The van der Waals surface area contributed by atoms with E-state index < -0.39 is 11.7 Å². The summed E-state index contributed by atoms with van der Waals surface area (Å²) in [6.07, 6.45) is 9.59. The molecule has 1 amide bonds. The van der Waals surface area contributed by atoms with Gasteiger partial charge in [-0.3, -0.25) is 4.79 Å². The third-order valence-corrected chi connectivity index (χ3v) is 6.19. The fourth-order valence-corrected chi connectivity index (χ4v) is 4.08. The third-order valence-electron chi connectivity index (χ3n) is 5.89. The maximum absolute atomic E-state index is 14.7. The first kappa shape index (κ1) is 20.0. The van der Waals surface area contributed by atoms with E-state index in [9.17, 15) is 9.18 Å². The van der Waals surface area contributed by atoms with Crippen LogP contribution in [0.15, 0.2) is 49.2 Å². The average Bonchev–Trinajstić information content (AvgIpc) is 3.74. The van der Waals surface area contributed by atoms with Crippen LogP contribution in [0.5, 0.6) is 0 Å². The van der Waals surface area contributed by atoms with Crippen molar-refractivity contribution in [1.29, 1.82) is 0 Å². The molecule has 0 unspecified atom stereocenters. The molecule has 3 aromatic heterocycles. The number of imidazole rings is 1. The molecule has 4 aromatic rings. The molecule has 2 fully saturated rings. The Balaban J connectivity index is 1.28. The van der Waals surface area contributed by atoms with E-state index in [0.717, 1.165) is 37.4 Å². The Morgan fingerprint density at radius 2 is 2.00 bits per heavy atom. The Morgan fingerprint density at radius 3 is 2.79 bits per heavy atom. The lowest BCUT2D eigenvalue weighted by Crippen LogP contribution is -2.15. The van der Waals surface area contributed by atoms with Crippen molar-refractivity contribution in [3.8, 4) is 17.2 Å². The van der Waals surface area contributed by atoms with E-state index in [1.54, 1.807) is 35.4 Å². The molecule has 2 aliphatic carbocycles. The summed E-state index contributed by atoms with van der Waals surface area (Å²) in [4.78, 5) is 21.8. The van der Waals surface area contributed by atoms with Crippen LogP contribution in [-0.2, 0) is 0 Å². The van der Waals surface area contributed by atoms with Crippen LogP contribution in [-0.4, -0.2) is 35.2 Å². The molecule has 2 aliphatic rings. The minimum absolute atomic E-state index is 0.135. The molecule has 0 atom stereocenters. The SMILES string of the molecule is O=C(Nc1cccc(-c2nncn2C2CC2)n1)c1cc(-n2cnc(C3CC3)c2)c(Cl)cc1F. The molecule has 6 rings (SSSR count). The summed E-state index contributed by atoms with van der Waals surface area (Å²) in [5, 5.41) is 11.0. The van der Waals surface area contributed by atoms with E-state index in [2.05, 4.69) is 25.5 Å². The molecule has 3 heterocycles. The zero-order valence-electron chi connectivity index (χ0n) is 17.4. The first-order valence-electron chi connectivity index (χ1n) is 10.8. The summed E-state index contributed by atoms with van der Waals surface area (Å²) in [5.74, 6) is 0.0597. The van der Waals surface area contributed by atoms with Crippen LogP contribution < -0.4 is 5.32 Å². The molecule has 0 saturated heterocycles. The monoisotopic (exact) mass is 463 g/mol. The van der Waals surface area contributed by atoms with Gasteiger partial charge in [0.05, 0.1) is 28.3 Å². The number of aromatic nitrogens is 6. The molecular formula is C23H19ClFN7O. The largest absolute Gasteiger partial charge is 0.309 e. The van der Waals surface area contributed by atoms with Crippen LogP contribution in [0.2, 0.25) is 5.02 Å². The summed E-state index contributed by atoms with van der Waals surface area (Å²) < 4.78 is 18.4. The van der Waals surface area contributed by atoms with Gasteiger partial charge >= 0.3 is 0 Å². The maximum atomic E-state index is 14.7. The first-order chi connectivity index (χ1) is 16.1. The summed E-state index contributed by atoms with van der Waals surface area (Å²) in [6, 6.07) is 8.17.